The Morgan fingerprint density at radius 3 is 2.50 bits per heavy atom. The Balaban J connectivity index is 1.45. The SMILES string of the molecule is O=c1[nH]c(NC2CCN(c3ccccc3)CC2)nc2ccccc12. The van der Waals surface area contributed by atoms with Crippen LogP contribution >= 0.6 is 0 Å². The largest absolute Gasteiger partial charge is 0.371 e. The molecule has 0 radical (unpaired) electrons. The van der Waals surface area contributed by atoms with Crippen LogP contribution in [0.4, 0.5) is 11.6 Å². The zero-order chi connectivity index (χ0) is 16.4. The number of hydrogen-bond donors (Lipinski definition) is 2. The first-order valence-electron chi connectivity index (χ1n) is 8.35. The van der Waals surface area contributed by atoms with E-state index in [9.17, 15) is 4.79 Å². The number of hydrogen-bond acceptors (Lipinski definition) is 4. The quantitative estimate of drug-likeness (QED) is 0.779. The molecule has 0 bridgehead atoms. The van der Waals surface area contributed by atoms with Crippen molar-refractivity contribution in [2.24, 2.45) is 0 Å². The summed E-state index contributed by atoms with van der Waals surface area (Å²) in [7, 11) is 0. The fraction of sp³-hybridized carbons (Fsp3) is 0.263. The molecule has 1 aliphatic rings. The fourth-order valence-corrected chi connectivity index (χ4v) is 3.27. The molecule has 3 aromatic rings. The highest BCUT2D eigenvalue weighted by molar-refractivity contribution is 5.78. The highest BCUT2D eigenvalue weighted by Crippen LogP contribution is 2.21. The first-order valence-corrected chi connectivity index (χ1v) is 8.35. The predicted molar refractivity (Wildman–Crippen MR) is 97.7 cm³/mol. The van der Waals surface area contributed by atoms with E-state index < -0.39 is 0 Å². The van der Waals surface area contributed by atoms with Gasteiger partial charge < -0.3 is 10.2 Å². The maximum atomic E-state index is 12.1. The lowest BCUT2D eigenvalue weighted by Crippen LogP contribution is -2.39. The van der Waals surface area contributed by atoms with Gasteiger partial charge in [-0.2, -0.15) is 0 Å². The number of H-pyrrole nitrogens is 1. The lowest BCUT2D eigenvalue weighted by atomic mass is 10.0. The van der Waals surface area contributed by atoms with E-state index >= 15 is 0 Å². The first-order chi connectivity index (χ1) is 11.8. The van der Waals surface area contributed by atoms with Crippen molar-refractivity contribution >= 4 is 22.5 Å². The van der Waals surface area contributed by atoms with Gasteiger partial charge in [-0.15, -0.1) is 0 Å². The maximum absolute atomic E-state index is 12.1. The van der Waals surface area contributed by atoms with Crippen LogP contribution in [0.2, 0.25) is 0 Å². The monoisotopic (exact) mass is 320 g/mol. The molecule has 0 atom stereocenters. The number of anilines is 2. The lowest BCUT2D eigenvalue weighted by molar-refractivity contribution is 0.524. The van der Waals surface area contributed by atoms with Crippen molar-refractivity contribution in [3.05, 3.63) is 65.0 Å². The van der Waals surface area contributed by atoms with Crippen molar-refractivity contribution in [1.82, 2.24) is 9.97 Å². The van der Waals surface area contributed by atoms with Crippen molar-refractivity contribution in [2.45, 2.75) is 18.9 Å². The normalized spacial score (nSPS) is 15.6. The van der Waals surface area contributed by atoms with Crippen LogP contribution < -0.4 is 15.8 Å². The van der Waals surface area contributed by atoms with Crippen molar-refractivity contribution in [3.8, 4) is 0 Å². The Hall–Kier alpha value is -2.82. The van der Waals surface area contributed by atoms with Crippen LogP contribution in [0.5, 0.6) is 0 Å². The highest BCUT2D eigenvalue weighted by atomic mass is 16.1. The number of para-hydroxylation sites is 2. The molecule has 1 aliphatic heterocycles. The van der Waals surface area contributed by atoms with E-state index in [0.717, 1.165) is 31.4 Å². The summed E-state index contributed by atoms with van der Waals surface area (Å²) in [4.78, 5) is 21.9. The Labute approximate surface area is 140 Å². The average Bonchev–Trinajstić information content (AvgIpc) is 2.63. The first kappa shape index (κ1) is 14.8. The van der Waals surface area contributed by atoms with Crippen molar-refractivity contribution in [1.29, 1.82) is 0 Å². The summed E-state index contributed by atoms with van der Waals surface area (Å²) < 4.78 is 0. The molecular weight excluding hydrogens is 300 g/mol. The summed E-state index contributed by atoms with van der Waals surface area (Å²) >= 11 is 0. The van der Waals surface area contributed by atoms with Gasteiger partial charge in [0, 0.05) is 24.8 Å². The van der Waals surface area contributed by atoms with Crippen LogP contribution in [0, 0.1) is 0 Å². The minimum absolute atomic E-state index is 0.0928. The Bertz CT molecular complexity index is 883. The van der Waals surface area contributed by atoms with Crippen LogP contribution in [-0.2, 0) is 0 Å². The van der Waals surface area contributed by atoms with Gasteiger partial charge >= 0.3 is 0 Å². The predicted octanol–water partition coefficient (Wildman–Crippen LogP) is 3.00. The number of benzene rings is 2. The van der Waals surface area contributed by atoms with Gasteiger partial charge in [0.2, 0.25) is 5.95 Å². The topological polar surface area (TPSA) is 61.0 Å². The molecule has 1 fully saturated rings. The molecule has 5 heteroatoms. The molecule has 0 aliphatic carbocycles. The van der Waals surface area contributed by atoms with E-state index in [2.05, 4.69) is 44.5 Å². The summed E-state index contributed by atoms with van der Waals surface area (Å²) in [6.45, 7) is 2.00. The third-order valence-corrected chi connectivity index (χ3v) is 4.57. The van der Waals surface area contributed by atoms with E-state index in [1.807, 2.05) is 24.3 Å². The summed E-state index contributed by atoms with van der Waals surface area (Å²) in [6.07, 6.45) is 2.04. The molecule has 1 aromatic heterocycles. The van der Waals surface area contributed by atoms with E-state index in [0.29, 0.717) is 17.4 Å². The van der Waals surface area contributed by atoms with Gasteiger partial charge in [-0.25, -0.2) is 4.98 Å². The van der Waals surface area contributed by atoms with Gasteiger partial charge in [0.05, 0.1) is 10.9 Å². The second-order valence-electron chi connectivity index (χ2n) is 6.17. The van der Waals surface area contributed by atoms with Crippen molar-refractivity contribution < 1.29 is 0 Å². The number of aromatic amines is 1. The summed E-state index contributed by atoms with van der Waals surface area (Å²) in [5.74, 6) is 0.567. The summed E-state index contributed by atoms with van der Waals surface area (Å²) in [5.41, 5.74) is 1.91. The molecule has 2 aromatic carbocycles. The zero-order valence-corrected chi connectivity index (χ0v) is 13.4. The van der Waals surface area contributed by atoms with E-state index in [1.165, 1.54) is 5.69 Å². The van der Waals surface area contributed by atoms with E-state index in [4.69, 9.17) is 0 Å². The van der Waals surface area contributed by atoms with Gasteiger partial charge in [0.15, 0.2) is 0 Å². The molecule has 122 valence electrons. The highest BCUT2D eigenvalue weighted by Gasteiger charge is 2.20. The minimum atomic E-state index is -0.0928. The summed E-state index contributed by atoms with van der Waals surface area (Å²) in [6, 6.07) is 18.2. The number of rotatable bonds is 3. The second kappa shape index (κ2) is 6.35. The molecular formula is C19H20N4O. The molecule has 0 spiro atoms. The molecule has 2 heterocycles. The smallest absolute Gasteiger partial charge is 0.260 e. The van der Waals surface area contributed by atoms with Gasteiger partial charge in [-0.3, -0.25) is 9.78 Å². The molecule has 0 amide bonds. The Morgan fingerprint density at radius 1 is 1.00 bits per heavy atom. The van der Waals surface area contributed by atoms with E-state index in [1.54, 1.807) is 6.07 Å². The summed E-state index contributed by atoms with van der Waals surface area (Å²) in [5, 5.41) is 4.02. The molecule has 0 saturated carbocycles. The molecule has 2 N–H and O–H groups in total. The van der Waals surface area contributed by atoms with E-state index in [-0.39, 0.29) is 5.56 Å². The Morgan fingerprint density at radius 2 is 1.71 bits per heavy atom. The van der Waals surface area contributed by atoms with Gasteiger partial charge in [-0.1, -0.05) is 30.3 Å². The molecule has 24 heavy (non-hydrogen) atoms. The molecule has 0 unspecified atom stereocenters. The van der Waals surface area contributed by atoms with Crippen LogP contribution in [0.25, 0.3) is 10.9 Å². The molecule has 5 nitrogen and oxygen atoms in total. The van der Waals surface area contributed by atoms with Gasteiger partial charge in [-0.05, 0) is 37.1 Å². The Kier molecular flexibility index (Phi) is 3.91. The van der Waals surface area contributed by atoms with Crippen LogP contribution in [-0.4, -0.2) is 29.1 Å². The zero-order valence-electron chi connectivity index (χ0n) is 13.4. The number of nitrogens with zero attached hydrogens (tertiary/aromatic N) is 2. The van der Waals surface area contributed by atoms with Crippen LogP contribution in [0.1, 0.15) is 12.8 Å². The van der Waals surface area contributed by atoms with Crippen LogP contribution in [0.15, 0.2) is 59.4 Å². The fourth-order valence-electron chi connectivity index (χ4n) is 3.27. The van der Waals surface area contributed by atoms with Gasteiger partial charge in [0.1, 0.15) is 0 Å². The molecule has 1 saturated heterocycles. The standard InChI is InChI=1S/C19H20N4O/c24-18-16-8-4-5-9-17(16)21-19(22-18)20-14-10-12-23(13-11-14)15-6-2-1-3-7-15/h1-9,14H,10-13H2,(H2,20,21,22,24). The van der Waals surface area contributed by atoms with Crippen molar-refractivity contribution in [2.75, 3.05) is 23.3 Å². The number of aromatic nitrogens is 2. The van der Waals surface area contributed by atoms with Crippen molar-refractivity contribution in [3.63, 3.8) is 0 Å². The maximum Gasteiger partial charge on any atom is 0.260 e. The number of fused-ring (bicyclic) bond motifs is 1. The minimum Gasteiger partial charge on any atom is -0.371 e. The number of nitrogens with one attached hydrogen (secondary N) is 2. The lowest BCUT2D eigenvalue weighted by Gasteiger charge is -2.34. The second-order valence-corrected chi connectivity index (χ2v) is 6.17. The molecule has 4 rings (SSSR count). The third kappa shape index (κ3) is 2.97. The average molecular weight is 320 g/mol. The third-order valence-electron chi connectivity index (χ3n) is 4.57. The van der Waals surface area contributed by atoms with Crippen LogP contribution in [0.3, 0.4) is 0 Å². The van der Waals surface area contributed by atoms with Gasteiger partial charge in [0.25, 0.3) is 5.56 Å². The number of piperidine rings is 1.